The van der Waals surface area contributed by atoms with Crippen LogP contribution in [0.15, 0.2) is 23.1 Å². The Morgan fingerprint density at radius 2 is 1.38 bits per heavy atom. The van der Waals surface area contributed by atoms with Gasteiger partial charge in [-0.25, -0.2) is 22.0 Å². The van der Waals surface area contributed by atoms with Gasteiger partial charge < -0.3 is 14.7 Å². The van der Waals surface area contributed by atoms with Crippen molar-refractivity contribution in [3.63, 3.8) is 0 Å². The van der Waals surface area contributed by atoms with E-state index in [0.29, 0.717) is 32.0 Å². The van der Waals surface area contributed by atoms with Gasteiger partial charge >= 0.3 is 6.03 Å². The van der Waals surface area contributed by atoms with E-state index in [1.54, 1.807) is 4.90 Å². The average Bonchev–Trinajstić information content (AvgIpc) is 3.35. The molecule has 3 fully saturated rings. The third kappa shape index (κ3) is 4.59. The molecular weight excluding hydrogens is 442 g/mol. The molecule has 8 nitrogen and oxygen atoms in total. The summed E-state index contributed by atoms with van der Waals surface area (Å²) in [5.41, 5.74) is 0. The number of hydrogen-bond acceptors (Lipinski definition) is 4. The number of piperazine rings is 1. The molecule has 0 saturated carbocycles. The third-order valence-corrected chi connectivity index (χ3v) is 8.47. The van der Waals surface area contributed by atoms with Crippen molar-refractivity contribution in [1.82, 2.24) is 19.0 Å². The molecule has 0 bridgehead atoms. The zero-order valence-corrected chi connectivity index (χ0v) is 18.7. The molecule has 3 aliphatic rings. The molecule has 0 unspecified atom stereocenters. The number of nitrogens with zero attached hydrogens (tertiary/aromatic N) is 4. The second-order valence-corrected chi connectivity index (χ2v) is 10.5. The highest BCUT2D eigenvalue weighted by Crippen LogP contribution is 2.24. The molecule has 176 valence electrons. The molecule has 3 saturated heterocycles. The number of amides is 3. The van der Waals surface area contributed by atoms with E-state index in [1.165, 1.54) is 4.31 Å². The van der Waals surface area contributed by atoms with Crippen LogP contribution in [0.4, 0.5) is 13.6 Å². The Kier molecular flexibility index (Phi) is 6.66. The van der Waals surface area contributed by atoms with Crippen LogP contribution < -0.4 is 0 Å². The minimum Gasteiger partial charge on any atom is -0.340 e. The second kappa shape index (κ2) is 9.30. The summed E-state index contributed by atoms with van der Waals surface area (Å²) in [6, 6.07) is 2.58. The molecule has 0 spiro atoms. The van der Waals surface area contributed by atoms with Crippen molar-refractivity contribution in [2.75, 3.05) is 52.4 Å². The Labute approximate surface area is 186 Å². The van der Waals surface area contributed by atoms with Crippen molar-refractivity contribution >= 4 is 22.0 Å². The molecule has 0 aromatic heterocycles. The minimum absolute atomic E-state index is 0.0110. The first-order chi connectivity index (χ1) is 15.3. The van der Waals surface area contributed by atoms with Crippen LogP contribution in [0.1, 0.15) is 25.7 Å². The summed E-state index contributed by atoms with van der Waals surface area (Å²) >= 11 is 0. The molecule has 3 amide bonds. The van der Waals surface area contributed by atoms with E-state index in [9.17, 15) is 26.8 Å². The fourth-order valence-corrected chi connectivity index (χ4v) is 6.05. The fourth-order valence-electron chi connectivity index (χ4n) is 4.62. The monoisotopic (exact) mass is 470 g/mol. The van der Waals surface area contributed by atoms with Gasteiger partial charge in [0.25, 0.3) is 0 Å². The van der Waals surface area contributed by atoms with Crippen LogP contribution in [0.5, 0.6) is 0 Å². The van der Waals surface area contributed by atoms with Gasteiger partial charge in [0.2, 0.25) is 15.9 Å². The first-order valence-electron chi connectivity index (χ1n) is 11.1. The van der Waals surface area contributed by atoms with Gasteiger partial charge in [0.1, 0.15) is 0 Å². The molecule has 3 heterocycles. The Bertz CT molecular complexity index is 968. The van der Waals surface area contributed by atoms with Gasteiger partial charge in [-0.1, -0.05) is 0 Å². The number of hydrogen-bond donors (Lipinski definition) is 0. The Balaban J connectivity index is 1.29. The standard InChI is InChI=1S/C21H28F2N4O4S/c22-18-4-3-17(15-19(18)23)32(30,31)27-13-11-24(12-14-27)20(28)16-5-9-26(10-6-16)21(29)25-7-1-2-8-25/h3-4,15-16H,1-2,5-14H2. The van der Waals surface area contributed by atoms with E-state index < -0.39 is 21.7 Å². The van der Waals surface area contributed by atoms with Crippen LogP contribution >= 0.6 is 0 Å². The number of likely N-dealkylation sites (tertiary alicyclic amines) is 2. The molecule has 11 heteroatoms. The van der Waals surface area contributed by atoms with Crippen molar-refractivity contribution in [3.05, 3.63) is 29.8 Å². The smallest absolute Gasteiger partial charge is 0.319 e. The number of halogens is 2. The van der Waals surface area contributed by atoms with Crippen LogP contribution in [-0.2, 0) is 14.8 Å². The lowest BCUT2D eigenvalue weighted by Gasteiger charge is -2.38. The molecule has 4 rings (SSSR count). The number of rotatable bonds is 3. The normalized spacial score (nSPS) is 21.2. The van der Waals surface area contributed by atoms with Gasteiger partial charge in [-0.3, -0.25) is 4.79 Å². The highest BCUT2D eigenvalue weighted by molar-refractivity contribution is 7.89. The molecule has 0 radical (unpaired) electrons. The number of carbonyl (C=O) groups is 2. The number of carbonyl (C=O) groups excluding carboxylic acids is 2. The van der Waals surface area contributed by atoms with Crippen LogP contribution in [0.2, 0.25) is 0 Å². The Morgan fingerprint density at radius 3 is 1.97 bits per heavy atom. The van der Waals surface area contributed by atoms with E-state index in [4.69, 9.17) is 0 Å². The molecule has 3 aliphatic heterocycles. The van der Waals surface area contributed by atoms with Crippen LogP contribution in [0, 0.1) is 17.6 Å². The predicted octanol–water partition coefficient (Wildman–Crippen LogP) is 1.73. The second-order valence-electron chi connectivity index (χ2n) is 8.54. The van der Waals surface area contributed by atoms with Gasteiger partial charge in [0.15, 0.2) is 11.6 Å². The topological polar surface area (TPSA) is 81.2 Å². The van der Waals surface area contributed by atoms with E-state index in [1.807, 2.05) is 9.80 Å². The highest BCUT2D eigenvalue weighted by atomic mass is 32.2. The quantitative estimate of drug-likeness (QED) is 0.674. The van der Waals surface area contributed by atoms with Crippen LogP contribution in [0.3, 0.4) is 0 Å². The van der Waals surface area contributed by atoms with Gasteiger partial charge in [-0.05, 0) is 43.9 Å². The molecule has 0 N–H and O–H groups in total. The number of urea groups is 1. The first kappa shape index (κ1) is 22.9. The van der Waals surface area contributed by atoms with E-state index in [0.717, 1.165) is 38.1 Å². The van der Waals surface area contributed by atoms with Gasteiger partial charge in [0.05, 0.1) is 4.90 Å². The zero-order chi connectivity index (χ0) is 22.9. The lowest BCUT2D eigenvalue weighted by atomic mass is 9.95. The van der Waals surface area contributed by atoms with Gasteiger partial charge in [0, 0.05) is 58.3 Å². The van der Waals surface area contributed by atoms with Crippen LogP contribution in [-0.4, -0.2) is 91.7 Å². The molecular formula is C21H28F2N4O4S. The van der Waals surface area contributed by atoms with Crippen molar-refractivity contribution < 1.29 is 26.8 Å². The molecule has 0 atom stereocenters. The number of sulfonamides is 1. The number of piperidine rings is 1. The predicted molar refractivity (Wildman–Crippen MR) is 112 cm³/mol. The molecule has 1 aromatic carbocycles. The van der Waals surface area contributed by atoms with Crippen molar-refractivity contribution in [2.24, 2.45) is 5.92 Å². The van der Waals surface area contributed by atoms with E-state index in [2.05, 4.69) is 0 Å². The fraction of sp³-hybridized carbons (Fsp3) is 0.619. The molecule has 0 aliphatic carbocycles. The van der Waals surface area contributed by atoms with E-state index >= 15 is 0 Å². The molecule has 32 heavy (non-hydrogen) atoms. The average molecular weight is 471 g/mol. The SMILES string of the molecule is O=C(C1CCN(C(=O)N2CCCC2)CC1)N1CCN(S(=O)(=O)c2ccc(F)c(F)c2)CC1. The maximum atomic E-state index is 13.5. The lowest BCUT2D eigenvalue weighted by Crippen LogP contribution is -2.53. The van der Waals surface area contributed by atoms with Gasteiger partial charge in [-0.15, -0.1) is 0 Å². The summed E-state index contributed by atoms with van der Waals surface area (Å²) in [6.45, 7) is 3.39. The van der Waals surface area contributed by atoms with Crippen molar-refractivity contribution in [1.29, 1.82) is 0 Å². The zero-order valence-electron chi connectivity index (χ0n) is 17.9. The van der Waals surface area contributed by atoms with Gasteiger partial charge in [-0.2, -0.15) is 4.31 Å². The lowest BCUT2D eigenvalue weighted by molar-refractivity contribution is -0.138. The summed E-state index contributed by atoms with van der Waals surface area (Å²) in [7, 11) is -3.96. The maximum Gasteiger partial charge on any atom is 0.319 e. The minimum atomic E-state index is -3.96. The summed E-state index contributed by atoms with van der Waals surface area (Å²) < 4.78 is 53.3. The van der Waals surface area contributed by atoms with E-state index in [-0.39, 0.29) is 48.9 Å². The van der Waals surface area contributed by atoms with Crippen LogP contribution in [0.25, 0.3) is 0 Å². The summed E-state index contributed by atoms with van der Waals surface area (Å²) in [5, 5.41) is 0. The number of benzene rings is 1. The summed E-state index contributed by atoms with van der Waals surface area (Å²) in [4.78, 5) is 30.5. The Morgan fingerprint density at radius 1 is 0.781 bits per heavy atom. The summed E-state index contributed by atoms with van der Waals surface area (Å²) in [5.74, 6) is -2.50. The summed E-state index contributed by atoms with van der Waals surface area (Å²) in [6.07, 6.45) is 3.29. The van der Waals surface area contributed by atoms with Crippen molar-refractivity contribution in [3.8, 4) is 0 Å². The highest BCUT2D eigenvalue weighted by Gasteiger charge is 2.35. The molecule has 1 aromatic rings. The largest absolute Gasteiger partial charge is 0.340 e. The Hall–Kier alpha value is -2.27. The maximum absolute atomic E-state index is 13.5. The third-order valence-electron chi connectivity index (χ3n) is 6.57. The van der Waals surface area contributed by atoms with Crippen molar-refractivity contribution in [2.45, 2.75) is 30.6 Å². The first-order valence-corrected chi connectivity index (χ1v) is 12.5.